The molecule has 3 rings (SSSR count). The second kappa shape index (κ2) is 8.63. The molecule has 0 radical (unpaired) electrons. The van der Waals surface area contributed by atoms with Crippen LogP contribution >= 0.6 is 11.8 Å². The molecule has 0 bridgehead atoms. The van der Waals surface area contributed by atoms with Crippen molar-refractivity contribution in [2.24, 2.45) is 7.05 Å². The van der Waals surface area contributed by atoms with Crippen LogP contribution in [0.15, 0.2) is 58.4 Å². The Hall–Kier alpha value is -2.94. The number of hydrogen-bond donors (Lipinski definition) is 1. The molecule has 27 heavy (non-hydrogen) atoms. The standard InChI is InChI=1S/C18H18FN5O2S/c1-23-17(15-4-2-3-9-20-15)22-24(18(23)26)11-10-21-16(25)12-27-14-7-5-13(19)6-8-14/h2-9H,10-12H2,1H3,(H,21,25). The maximum atomic E-state index is 12.9. The lowest BCUT2D eigenvalue weighted by Gasteiger charge is -2.05. The molecule has 1 N–H and O–H groups in total. The lowest BCUT2D eigenvalue weighted by Crippen LogP contribution is -2.32. The van der Waals surface area contributed by atoms with Crippen LogP contribution in [0.1, 0.15) is 0 Å². The number of carbonyl (C=O) groups excluding carboxylic acids is 1. The topological polar surface area (TPSA) is 81.8 Å². The number of pyridine rings is 1. The van der Waals surface area contributed by atoms with Gasteiger partial charge in [-0.3, -0.25) is 14.3 Å². The van der Waals surface area contributed by atoms with E-state index in [1.807, 2.05) is 6.07 Å². The van der Waals surface area contributed by atoms with Crippen LogP contribution in [0, 0.1) is 5.82 Å². The molecule has 0 fully saturated rings. The van der Waals surface area contributed by atoms with Gasteiger partial charge in [0.05, 0.1) is 12.3 Å². The van der Waals surface area contributed by atoms with Gasteiger partial charge >= 0.3 is 5.69 Å². The molecule has 0 spiro atoms. The third-order valence-corrected chi connectivity index (χ3v) is 4.78. The second-order valence-corrected chi connectivity index (χ2v) is 6.74. The van der Waals surface area contributed by atoms with Crippen molar-refractivity contribution in [3.8, 4) is 11.5 Å². The van der Waals surface area contributed by atoms with Crippen LogP contribution in [0.4, 0.5) is 4.39 Å². The number of thioether (sulfide) groups is 1. The minimum Gasteiger partial charge on any atom is -0.354 e. The number of hydrogen-bond acceptors (Lipinski definition) is 5. The molecule has 0 unspecified atom stereocenters. The highest BCUT2D eigenvalue weighted by Crippen LogP contribution is 2.17. The summed E-state index contributed by atoms with van der Waals surface area (Å²) < 4.78 is 15.6. The first-order chi connectivity index (χ1) is 13.0. The van der Waals surface area contributed by atoms with Gasteiger partial charge in [-0.1, -0.05) is 6.07 Å². The predicted molar refractivity (Wildman–Crippen MR) is 101 cm³/mol. The number of carbonyl (C=O) groups is 1. The first-order valence-electron chi connectivity index (χ1n) is 8.25. The van der Waals surface area contributed by atoms with Crippen molar-refractivity contribution in [3.05, 3.63) is 65.0 Å². The SMILES string of the molecule is Cn1c(-c2ccccn2)nn(CCNC(=O)CSc2ccc(F)cc2)c1=O. The number of nitrogens with zero attached hydrogens (tertiary/aromatic N) is 4. The molecule has 0 aliphatic rings. The highest BCUT2D eigenvalue weighted by molar-refractivity contribution is 8.00. The van der Waals surface area contributed by atoms with E-state index >= 15 is 0 Å². The molecule has 140 valence electrons. The minimum absolute atomic E-state index is 0.168. The fourth-order valence-corrected chi connectivity index (χ4v) is 3.11. The summed E-state index contributed by atoms with van der Waals surface area (Å²) in [4.78, 5) is 29.2. The summed E-state index contributed by atoms with van der Waals surface area (Å²) in [6.07, 6.45) is 1.64. The molecule has 3 aromatic rings. The van der Waals surface area contributed by atoms with Crippen LogP contribution in [0.3, 0.4) is 0 Å². The Balaban J connectivity index is 1.52. The number of benzene rings is 1. The molecular weight excluding hydrogens is 369 g/mol. The molecular formula is C18H18FN5O2S. The van der Waals surface area contributed by atoms with Crippen molar-refractivity contribution < 1.29 is 9.18 Å². The first-order valence-corrected chi connectivity index (χ1v) is 9.23. The van der Waals surface area contributed by atoms with Crippen LogP contribution in [0.2, 0.25) is 0 Å². The average Bonchev–Trinajstić information content (AvgIpc) is 2.97. The maximum absolute atomic E-state index is 12.9. The van der Waals surface area contributed by atoms with Gasteiger partial charge in [-0.2, -0.15) is 0 Å². The minimum atomic E-state index is -0.310. The number of amides is 1. The lowest BCUT2D eigenvalue weighted by molar-refractivity contribution is -0.118. The van der Waals surface area contributed by atoms with Gasteiger partial charge in [-0.25, -0.2) is 13.9 Å². The van der Waals surface area contributed by atoms with Gasteiger partial charge in [0.1, 0.15) is 11.5 Å². The van der Waals surface area contributed by atoms with E-state index in [1.165, 1.54) is 33.1 Å². The van der Waals surface area contributed by atoms with Gasteiger partial charge in [0, 0.05) is 24.7 Å². The summed E-state index contributed by atoms with van der Waals surface area (Å²) in [5, 5.41) is 7.04. The third kappa shape index (κ3) is 4.82. The number of aromatic nitrogens is 4. The quantitative estimate of drug-likeness (QED) is 0.624. The molecule has 0 aliphatic heterocycles. The van der Waals surface area contributed by atoms with Gasteiger partial charge in [0.15, 0.2) is 5.82 Å². The highest BCUT2D eigenvalue weighted by Gasteiger charge is 2.13. The molecule has 2 aromatic heterocycles. The normalized spacial score (nSPS) is 10.7. The zero-order chi connectivity index (χ0) is 19.2. The lowest BCUT2D eigenvalue weighted by atomic mass is 10.3. The second-order valence-electron chi connectivity index (χ2n) is 5.70. The fraction of sp³-hybridized carbons (Fsp3) is 0.222. The molecule has 0 saturated carbocycles. The fourth-order valence-electron chi connectivity index (χ4n) is 2.38. The van der Waals surface area contributed by atoms with Gasteiger partial charge in [-0.05, 0) is 36.4 Å². The number of halogens is 1. The molecule has 0 aliphatic carbocycles. The van der Waals surface area contributed by atoms with E-state index < -0.39 is 0 Å². The average molecular weight is 387 g/mol. The van der Waals surface area contributed by atoms with Crippen molar-refractivity contribution in [3.63, 3.8) is 0 Å². The first kappa shape index (κ1) is 18.8. The Morgan fingerprint density at radius 2 is 2.00 bits per heavy atom. The molecule has 0 atom stereocenters. The van der Waals surface area contributed by atoms with E-state index in [2.05, 4.69) is 15.4 Å². The summed E-state index contributed by atoms with van der Waals surface area (Å²) >= 11 is 1.32. The summed E-state index contributed by atoms with van der Waals surface area (Å²) in [5.74, 6) is 0.203. The molecule has 1 amide bonds. The van der Waals surface area contributed by atoms with Gasteiger partial charge in [0.25, 0.3) is 0 Å². The van der Waals surface area contributed by atoms with Crippen LogP contribution < -0.4 is 11.0 Å². The largest absolute Gasteiger partial charge is 0.354 e. The van der Waals surface area contributed by atoms with Crippen LogP contribution in [-0.4, -0.2) is 37.5 Å². The summed E-state index contributed by atoms with van der Waals surface area (Å²) in [6.45, 7) is 0.536. The molecule has 9 heteroatoms. The summed E-state index contributed by atoms with van der Waals surface area (Å²) in [5.41, 5.74) is 0.334. The Morgan fingerprint density at radius 3 is 2.70 bits per heavy atom. The number of nitrogens with one attached hydrogen (secondary N) is 1. The van der Waals surface area contributed by atoms with Crippen molar-refractivity contribution in [1.82, 2.24) is 24.6 Å². The highest BCUT2D eigenvalue weighted by atomic mass is 32.2. The van der Waals surface area contributed by atoms with E-state index in [4.69, 9.17) is 0 Å². The Labute approximate surface area is 159 Å². The van der Waals surface area contributed by atoms with Crippen LogP contribution in [0.5, 0.6) is 0 Å². The zero-order valence-corrected chi connectivity index (χ0v) is 15.4. The Kier molecular flexibility index (Phi) is 6.02. The number of rotatable bonds is 7. The van der Waals surface area contributed by atoms with Crippen molar-refractivity contribution in [2.45, 2.75) is 11.4 Å². The maximum Gasteiger partial charge on any atom is 0.346 e. The smallest absolute Gasteiger partial charge is 0.346 e. The molecule has 1 aromatic carbocycles. The van der Waals surface area contributed by atoms with E-state index in [9.17, 15) is 14.0 Å². The Morgan fingerprint density at radius 1 is 1.22 bits per heavy atom. The van der Waals surface area contributed by atoms with Crippen molar-refractivity contribution in [1.29, 1.82) is 0 Å². The van der Waals surface area contributed by atoms with Crippen LogP contribution in [-0.2, 0) is 18.4 Å². The third-order valence-electron chi connectivity index (χ3n) is 3.76. The van der Waals surface area contributed by atoms with Gasteiger partial charge in [-0.15, -0.1) is 16.9 Å². The van der Waals surface area contributed by atoms with E-state index in [1.54, 1.807) is 37.5 Å². The van der Waals surface area contributed by atoms with E-state index in [-0.39, 0.29) is 36.3 Å². The van der Waals surface area contributed by atoms with Crippen LogP contribution in [0.25, 0.3) is 11.5 Å². The summed E-state index contributed by atoms with van der Waals surface area (Å²) in [6, 6.07) is 11.4. The van der Waals surface area contributed by atoms with Crippen molar-refractivity contribution in [2.75, 3.05) is 12.3 Å². The Bertz CT molecular complexity index is 970. The van der Waals surface area contributed by atoms with Gasteiger partial charge in [0.2, 0.25) is 5.91 Å². The van der Waals surface area contributed by atoms with E-state index in [0.29, 0.717) is 11.5 Å². The summed E-state index contributed by atoms with van der Waals surface area (Å²) in [7, 11) is 1.63. The molecule has 7 nitrogen and oxygen atoms in total. The monoisotopic (exact) mass is 387 g/mol. The van der Waals surface area contributed by atoms with Gasteiger partial charge < -0.3 is 5.32 Å². The zero-order valence-electron chi connectivity index (χ0n) is 14.6. The van der Waals surface area contributed by atoms with E-state index in [0.717, 1.165) is 4.90 Å². The van der Waals surface area contributed by atoms with Crippen molar-refractivity contribution >= 4 is 17.7 Å². The predicted octanol–water partition coefficient (Wildman–Crippen LogP) is 1.69. The molecule has 2 heterocycles. The molecule has 0 saturated heterocycles.